The molecular formula is C15H15ClOS. The molecule has 0 bridgehead atoms. The normalized spacial score (nSPS) is 11.5. The maximum atomic E-state index is 12.4. The van der Waals surface area contributed by atoms with Crippen LogP contribution in [0.15, 0.2) is 41.8 Å². The lowest BCUT2D eigenvalue weighted by Gasteiger charge is -2.22. The van der Waals surface area contributed by atoms with Gasteiger partial charge < -0.3 is 0 Å². The summed E-state index contributed by atoms with van der Waals surface area (Å²) < 4.78 is 0. The molecule has 0 aliphatic heterocycles. The average molecular weight is 279 g/mol. The first-order valence-corrected chi connectivity index (χ1v) is 7.07. The Hall–Kier alpha value is -1.12. The molecule has 1 nitrogen and oxygen atoms in total. The average Bonchev–Trinajstić information content (AvgIpc) is 2.84. The third kappa shape index (κ3) is 3.01. The van der Waals surface area contributed by atoms with Gasteiger partial charge in [-0.05, 0) is 35.6 Å². The van der Waals surface area contributed by atoms with Crippen LogP contribution in [0.4, 0.5) is 0 Å². The minimum atomic E-state index is -0.390. The molecule has 0 radical (unpaired) electrons. The van der Waals surface area contributed by atoms with Gasteiger partial charge in [0.1, 0.15) is 0 Å². The van der Waals surface area contributed by atoms with E-state index in [-0.39, 0.29) is 5.78 Å². The SMILES string of the molecule is CC(C)(Cc1ccc(Cl)cc1)C(=O)c1cccs1. The summed E-state index contributed by atoms with van der Waals surface area (Å²) in [6, 6.07) is 11.5. The van der Waals surface area contributed by atoms with E-state index in [0.717, 1.165) is 21.9 Å². The molecule has 0 unspecified atom stereocenters. The van der Waals surface area contributed by atoms with Crippen LogP contribution in [-0.4, -0.2) is 5.78 Å². The highest BCUT2D eigenvalue weighted by atomic mass is 35.5. The zero-order chi connectivity index (χ0) is 13.2. The van der Waals surface area contributed by atoms with E-state index in [1.807, 2.05) is 55.6 Å². The van der Waals surface area contributed by atoms with Crippen LogP contribution in [0.1, 0.15) is 29.1 Å². The molecule has 3 heteroatoms. The highest BCUT2D eigenvalue weighted by molar-refractivity contribution is 7.12. The number of hydrogen-bond acceptors (Lipinski definition) is 2. The number of carbonyl (C=O) groups is 1. The van der Waals surface area contributed by atoms with Gasteiger partial charge in [0.15, 0.2) is 5.78 Å². The number of carbonyl (C=O) groups excluding carboxylic acids is 1. The second kappa shape index (κ2) is 5.25. The second-order valence-corrected chi connectivity index (χ2v) is 6.38. The lowest BCUT2D eigenvalue weighted by Crippen LogP contribution is -2.26. The summed E-state index contributed by atoms with van der Waals surface area (Å²) in [6.45, 7) is 3.98. The fourth-order valence-electron chi connectivity index (χ4n) is 1.93. The molecule has 1 aromatic carbocycles. The zero-order valence-electron chi connectivity index (χ0n) is 10.4. The number of Topliss-reactive ketones (excluding diaryl/α,β-unsaturated/α-hetero) is 1. The van der Waals surface area contributed by atoms with E-state index < -0.39 is 5.41 Å². The molecule has 18 heavy (non-hydrogen) atoms. The largest absolute Gasteiger partial charge is 0.293 e. The Morgan fingerprint density at radius 1 is 1.22 bits per heavy atom. The van der Waals surface area contributed by atoms with Crippen LogP contribution in [0, 0.1) is 5.41 Å². The Morgan fingerprint density at radius 3 is 2.44 bits per heavy atom. The van der Waals surface area contributed by atoms with Gasteiger partial charge in [-0.25, -0.2) is 0 Å². The van der Waals surface area contributed by atoms with E-state index in [9.17, 15) is 4.79 Å². The number of hydrogen-bond donors (Lipinski definition) is 0. The second-order valence-electron chi connectivity index (χ2n) is 4.99. The standard InChI is InChI=1S/C15H15ClOS/c1-15(2,14(17)13-4-3-9-18-13)10-11-5-7-12(16)8-6-11/h3-9H,10H2,1-2H3. The minimum Gasteiger partial charge on any atom is -0.293 e. The van der Waals surface area contributed by atoms with Crippen molar-refractivity contribution >= 4 is 28.7 Å². The van der Waals surface area contributed by atoms with E-state index in [0.29, 0.717) is 0 Å². The third-order valence-corrected chi connectivity index (χ3v) is 4.04. The van der Waals surface area contributed by atoms with Crippen molar-refractivity contribution in [3.05, 3.63) is 57.2 Å². The molecule has 0 aliphatic rings. The van der Waals surface area contributed by atoms with Crippen LogP contribution in [0.25, 0.3) is 0 Å². The summed E-state index contributed by atoms with van der Waals surface area (Å²) >= 11 is 7.36. The van der Waals surface area contributed by atoms with Crippen molar-refractivity contribution < 1.29 is 4.79 Å². The van der Waals surface area contributed by atoms with Gasteiger partial charge in [0.25, 0.3) is 0 Å². The quantitative estimate of drug-likeness (QED) is 0.731. The number of rotatable bonds is 4. The lowest BCUT2D eigenvalue weighted by atomic mass is 9.81. The molecule has 2 aromatic rings. The first-order valence-electron chi connectivity index (χ1n) is 5.82. The van der Waals surface area contributed by atoms with Crippen LogP contribution in [0.5, 0.6) is 0 Å². The maximum absolute atomic E-state index is 12.4. The molecule has 0 spiro atoms. The third-order valence-electron chi connectivity index (χ3n) is 2.92. The topological polar surface area (TPSA) is 17.1 Å². The van der Waals surface area contributed by atoms with Gasteiger partial charge in [-0.3, -0.25) is 4.79 Å². The summed E-state index contributed by atoms with van der Waals surface area (Å²) in [6.07, 6.45) is 0.723. The van der Waals surface area contributed by atoms with E-state index in [2.05, 4.69) is 0 Å². The van der Waals surface area contributed by atoms with Crippen LogP contribution >= 0.6 is 22.9 Å². The van der Waals surface area contributed by atoms with E-state index >= 15 is 0 Å². The Balaban J connectivity index is 2.16. The molecule has 1 aromatic heterocycles. The van der Waals surface area contributed by atoms with Gasteiger partial charge in [0, 0.05) is 10.4 Å². The van der Waals surface area contributed by atoms with Gasteiger partial charge in [-0.2, -0.15) is 0 Å². The number of thiophene rings is 1. The van der Waals surface area contributed by atoms with Gasteiger partial charge in [0.05, 0.1) is 4.88 Å². The highest BCUT2D eigenvalue weighted by Crippen LogP contribution is 2.29. The van der Waals surface area contributed by atoms with E-state index in [1.54, 1.807) is 0 Å². The van der Waals surface area contributed by atoms with Crippen molar-refractivity contribution in [3.8, 4) is 0 Å². The van der Waals surface area contributed by atoms with Crippen molar-refractivity contribution in [2.45, 2.75) is 20.3 Å². The number of halogens is 1. The molecular weight excluding hydrogens is 264 g/mol. The molecule has 0 atom stereocenters. The lowest BCUT2D eigenvalue weighted by molar-refractivity contribution is 0.0842. The molecule has 0 aliphatic carbocycles. The van der Waals surface area contributed by atoms with Crippen molar-refractivity contribution in [1.82, 2.24) is 0 Å². The van der Waals surface area contributed by atoms with Crippen molar-refractivity contribution in [2.75, 3.05) is 0 Å². The molecule has 0 saturated heterocycles. The molecule has 1 heterocycles. The molecule has 94 valence electrons. The van der Waals surface area contributed by atoms with Gasteiger partial charge in [0.2, 0.25) is 0 Å². The molecule has 0 amide bonds. The Kier molecular flexibility index (Phi) is 3.88. The van der Waals surface area contributed by atoms with E-state index in [4.69, 9.17) is 11.6 Å². The fraction of sp³-hybridized carbons (Fsp3) is 0.267. The smallest absolute Gasteiger partial charge is 0.178 e. The first-order chi connectivity index (χ1) is 8.49. The summed E-state index contributed by atoms with van der Waals surface area (Å²) in [5.41, 5.74) is 0.743. The number of benzene rings is 1. The fourth-order valence-corrected chi connectivity index (χ4v) is 2.90. The molecule has 0 saturated carbocycles. The monoisotopic (exact) mass is 278 g/mol. The first kappa shape index (κ1) is 13.3. The summed E-state index contributed by atoms with van der Waals surface area (Å²) in [5, 5.41) is 2.66. The maximum Gasteiger partial charge on any atom is 0.178 e. The Morgan fingerprint density at radius 2 is 1.89 bits per heavy atom. The zero-order valence-corrected chi connectivity index (χ0v) is 12.0. The van der Waals surface area contributed by atoms with Gasteiger partial charge in [-0.1, -0.05) is 43.6 Å². The molecule has 0 fully saturated rings. The summed E-state index contributed by atoms with van der Waals surface area (Å²) in [7, 11) is 0. The molecule has 2 rings (SSSR count). The minimum absolute atomic E-state index is 0.201. The van der Waals surface area contributed by atoms with E-state index in [1.165, 1.54) is 11.3 Å². The summed E-state index contributed by atoms with van der Waals surface area (Å²) in [5.74, 6) is 0.201. The Labute approximate surface area is 116 Å². The number of ketones is 1. The van der Waals surface area contributed by atoms with Crippen molar-refractivity contribution in [3.63, 3.8) is 0 Å². The predicted molar refractivity (Wildman–Crippen MR) is 77.6 cm³/mol. The van der Waals surface area contributed by atoms with Gasteiger partial charge >= 0.3 is 0 Å². The highest BCUT2D eigenvalue weighted by Gasteiger charge is 2.29. The van der Waals surface area contributed by atoms with Gasteiger partial charge in [-0.15, -0.1) is 11.3 Å². The van der Waals surface area contributed by atoms with Crippen LogP contribution in [-0.2, 0) is 6.42 Å². The van der Waals surface area contributed by atoms with Crippen LogP contribution < -0.4 is 0 Å². The van der Waals surface area contributed by atoms with Crippen LogP contribution in [0.2, 0.25) is 5.02 Å². The van der Waals surface area contributed by atoms with Crippen molar-refractivity contribution in [1.29, 1.82) is 0 Å². The Bertz CT molecular complexity index is 526. The predicted octanol–water partition coefficient (Wildman–Crippen LogP) is 4.85. The van der Waals surface area contributed by atoms with Crippen LogP contribution in [0.3, 0.4) is 0 Å². The summed E-state index contributed by atoms with van der Waals surface area (Å²) in [4.78, 5) is 13.2. The molecule has 0 N–H and O–H groups in total. The van der Waals surface area contributed by atoms with Crippen molar-refractivity contribution in [2.24, 2.45) is 5.41 Å².